The van der Waals surface area contributed by atoms with Crippen LogP contribution in [0, 0.1) is 0 Å². The van der Waals surface area contributed by atoms with Gasteiger partial charge in [0.2, 0.25) is 5.91 Å². The van der Waals surface area contributed by atoms with Crippen LogP contribution in [-0.2, 0) is 4.79 Å². The lowest BCUT2D eigenvalue weighted by Gasteiger charge is -2.35. The molecule has 2 aliphatic rings. The van der Waals surface area contributed by atoms with Gasteiger partial charge in [0.25, 0.3) is 0 Å². The van der Waals surface area contributed by atoms with Gasteiger partial charge in [-0.15, -0.1) is 0 Å². The Labute approximate surface area is 188 Å². The van der Waals surface area contributed by atoms with Crippen molar-refractivity contribution < 1.29 is 9.59 Å². The van der Waals surface area contributed by atoms with Gasteiger partial charge < -0.3 is 9.80 Å². The molecule has 4 rings (SSSR count). The van der Waals surface area contributed by atoms with Crippen molar-refractivity contribution in [1.82, 2.24) is 14.7 Å². The fraction of sp³-hybridized carbons (Fsp3) is 0.333. The molecule has 2 aromatic rings. The Kier molecular flexibility index (Phi) is 6.89. The zero-order chi connectivity index (χ0) is 21.6. The predicted octanol–water partition coefficient (Wildman–Crippen LogP) is 3.44. The van der Waals surface area contributed by atoms with Crippen molar-refractivity contribution in [3.05, 3.63) is 71.3 Å². The number of halogens is 1. The third-order valence-electron chi connectivity index (χ3n) is 5.76. The summed E-state index contributed by atoms with van der Waals surface area (Å²) >= 11 is 5.93. The number of carbonyl (C=O) groups is 2. The van der Waals surface area contributed by atoms with Gasteiger partial charge in [-0.2, -0.15) is 0 Å². The standard InChI is InChI=1S/C24H27ClN4O2/c25-21-8-10-22(11-9-21)29-18-17-28(24(29)31)19-23(30)27-15-13-26(14-16-27)12-4-7-20-5-2-1-3-6-20/h1-11H,12-19H2/b7-4+. The Balaban J connectivity index is 1.22. The summed E-state index contributed by atoms with van der Waals surface area (Å²) in [7, 11) is 0. The van der Waals surface area contributed by atoms with E-state index < -0.39 is 0 Å². The number of piperazine rings is 1. The van der Waals surface area contributed by atoms with Crippen LogP contribution in [0.15, 0.2) is 60.7 Å². The quantitative estimate of drug-likeness (QED) is 0.694. The van der Waals surface area contributed by atoms with Crippen LogP contribution in [0.25, 0.3) is 6.08 Å². The number of carbonyl (C=O) groups excluding carboxylic acids is 2. The maximum Gasteiger partial charge on any atom is 0.325 e. The van der Waals surface area contributed by atoms with Crippen LogP contribution in [0.5, 0.6) is 0 Å². The highest BCUT2D eigenvalue weighted by molar-refractivity contribution is 6.30. The maximum atomic E-state index is 12.8. The smallest absolute Gasteiger partial charge is 0.325 e. The number of hydrogen-bond donors (Lipinski definition) is 0. The summed E-state index contributed by atoms with van der Waals surface area (Å²) in [5.74, 6) is 0.0192. The second kappa shape index (κ2) is 9.98. The molecule has 6 nitrogen and oxygen atoms in total. The van der Waals surface area contributed by atoms with Crippen molar-refractivity contribution in [2.45, 2.75) is 0 Å². The molecule has 2 aliphatic heterocycles. The molecule has 0 bridgehead atoms. The van der Waals surface area contributed by atoms with E-state index in [1.165, 1.54) is 5.56 Å². The molecule has 3 amide bonds. The number of anilines is 1. The normalized spacial score (nSPS) is 17.7. The fourth-order valence-electron chi connectivity index (χ4n) is 3.94. The average Bonchev–Trinajstić information content (AvgIpc) is 3.15. The molecule has 0 aromatic heterocycles. The number of urea groups is 1. The maximum absolute atomic E-state index is 12.8. The zero-order valence-corrected chi connectivity index (χ0v) is 18.2. The summed E-state index contributed by atoms with van der Waals surface area (Å²) in [6, 6.07) is 17.3. The van der Waals surface area contributed by atoms with Crippen LogP contribution in [0.1, 0.15) is 5.56 Å². The van der Waals surface area contributed by atoms with Crippen LogP contribution in [0.4, 0.5) is 10.5 Å². The van der Waals surface area contributed by atoms with Gasteiger partial charge in [-0.1, -0.05) is 54.1 Å². The van der Waals surface area contributed by atoms with Crippen molar-refractivity contribution in [1.29, 1.82) is 0 Å². The summed E-state index contributed by atoms with van der Waals surface area (Å²) in [5.41, 5.74) is 2.00. The minimum atomic E-state index is -0.125. The predicted molar refractivity (Wildman–Crippen MR) is 124 cm³/mol. The molecular formula is C24H27ClN4O2. The Hall–Kier alpha value is -2.83. The third kappa shape index (κ3) is 5.46. The molecule has 0 unspecified atom stereocenters. The zero-order valence-electron chi connectivity index (χ0n) is 17.5. The minimum absolute atomic E-state index is 0.0192. The first kappa shape index (κ1) is 21.4. The molecule has 2 heterocycles. The van der Waals surface area contributed by atoms with Crippen LogP contribution in [-0.4, -0.2) is 79.0 Å². The van der Waals surface area contributed by atoms with Crippen molar-refractivity contribution >= 4 is 35.3 Å². The van der Waals surface area contributed by atoms with E-state index in [2.05, 4.69) is 29.2 Å². The van der Waals surface area contributed by atoms with Gasteiger partial charge in [-0.05, 0) is 29.8 Å². The topological polar surface area (TPSA) is 47.1 Å². The summed E-state index contributed by atoms with van der Waals surface area (Å²) < 4.78 is 0. The molecule has 0 aliphatic carbocycles. The van der Waals surface area contributed by atoms with Gasteiger partial charge in [-0.25, -0.2) is 4.79 Å². The largest absolute Gasteiger partial charge is 0.339 e. The van der Waals surface area contributed by atoms with E-state index in [-0.39, 0.29) is 18.5 Å². The van der Waals surface area contributed by atoms with Crippen molar-refractivity contribution in [3.8, 4) is 0 Å². The number of hydrogen-bond acceptors (Lipinski definition) is 3. The van der Waals surface area contributed by atoms with Gasteiger partial charge in [0.1, 0.15) is 6.54 Å². The second-order valence-corrected chi connectivity index (χ2v) is 8.26. The molecule has 0 radical (unpaired) electrons. The molecule has 7 heteroatoms. The minimum Gasteiger partial charge on any atom is -0.339 e. The lowest BCUT2D eigenvalue weighted by molar-refractivity contribution is -0.133. The Morgan fingerprint density at radius 2 is 1.61 bits per heavy atom. The molecule has 31 heavy (non-hydrogen) atoms. The van der Waals surface area contributed by atoms with E-state index in [1.54, 1.807) is 21.9 Å². The number of amides is 3. The van der Waals surface area contributed by atoms with Crippen LogP contribution in [0.3, 0.4) is 0 Å². The van der Waals surface area contributed by atoms with Crippen molar-refractivity contribution in [3.63, 3.8) is 0 Å². The van der Waals surface area contributed by atoms with Crippen molar-refractivity contribution in [2.75, 3.05) is 57.3 Å². The summed E-state index contributed by atoms with van der Waals surface area (Å²) in [5, 5.41) is 0.636. The SMILES string of the molecule is O=C(CN1CCN(c2ccc(Cl)cc2)C1=O)N1CCN(C/C=C/c2ccccc2)CC1. The van der Waals surface area contributed by atoms with Gasteiger partial charge >= 0.3 is 6.03 Å². The molecular weight excluding hydrogens is 412 g/mol. The molecule has 2 saturated heterocycles. The van der Waals surface area contributed by atoms with Crippen molar-refractivity contribution in [2.24, 2.45) is 0 Å². The second-order valence-electron chi connectivity index (χ2n) is 7.83. The number of nitrogens with zero attached hydrogens (tertiary/aromatic N) is 4. The fourth-order valence-corrected chi connectivity index (χ4v) is 4.06. The van der Waals surface area contributed by atoms with E-state index in [9.17, 15) is 9.59 Å². The van der Waals surface area contributed by atoms with Gasteiger partial charge in [0.15, 0.2) is 0 Å². The van der Waals surface area contributed by atoms with E-state index in [0.717, 1.165) is 25.3 Å². The number of rotatable bonds is 6. The monoisotopic (exact) mass is 438 g/mol. The molecule has 0 atom stereocenters. The van der Waals surface area contributed by atoms with Gasteiger partial charge in [-0.3, -0.25) is 14.6 Å². The van der Waals surface area contributed by atoms with Crippen LogP contribution < -0.4 is 4.90 Å². The molecule has 0 spiro atoms. The van der Waals surface area contributed by atoms with Crippen LogP contribution in [0.2, 0.25) is 5.02 Å². The highest BCUT2D eigenvalue weighted by Crippen LogP contribution is 2.22. The Morgan fingerprint density at radius 3 is 2.32 bits per heavy atom. The summed E-state index contributed by atoms with van der Waals surface area (Å²) in [6.45, 7) is 5.22. The first-order chi connectivity index (χ1) is 15.1. The first-order valence-corrected chi connectivity index (χ1v) is 11.0. The van der Waals surface area contributed by atoms with E-state index >= 15 is 0 Å². The molecule has 2 aromatic carbocycles. The molecule has 0 N–H and O–H groups in total. The first-order valence-electron chi connectivity index (χ1n) is 10.6. The van der Waals surface area contributed by atoms with Crippen LogP contribution >= 0.6 is 11.6 Å². The molecule has 162 valence electrons. The van der Waals surface area contributed by atoms with E-state index in [4.69, 9.17) is 11.6 Å². The van der Waals surface area contributed by atoms with Gasteiger partial charge in [0.05, 0.1) is 0 Å². The summed E-state index contributed by atoms with van der Waals surface area (Å²) in [6.07, 6.45) is 4.30. The summed E-state index contributed by atoms with van der Waals surface area (Å²) in [4.78, 5) is 33.0. The Bertz CT molecular complexity index is 924. The number of benzene rings is 2. The highest BCUT2D eigenvalue weighted by Gasteiger charge is 2.32. The highest BCUT2D eigenvalue weighted by atomic mass is 35.5. The average molecular weight is 439 g/mol. The Morgan fingerprint density at radius 1 is 0.903 bits per heavy atom. The van der Waals surface area contributed by atoms with E-state index in [1.807, 2.05) is 35.2 Å². The lowest BCUT2D eigenvalue weighted by Crippen LogP contribution is -2.51. The van der Waals surface area contributed by atoms with E-state index in [0.29, 0.717) is 31.2 Å². The lowest BCUT2D eigenvalue weighted by atomic mass is 10.2. The molecule has 0 saturated carbocycles. The molecule has 2 fully saturated rings. The third-order valence-corrected chi connectivity index (χ3v) is 6.01. The van der Waals surface area contributed by atoms with Gasteiger partial charge in [0, 0.05) is 56.5 Å².